The number of nitrogens with two attached hydrogens (primary N) is 1. The van der Waals surface area contributed by atoms with Gasteiger partial charge in [-0.2, -0.15) is 5.10 Å². The molecule has 5 nitrogen and oxygen atoms in total. The number of hydrogen-bond acceptors (Lipinski definition) is 4. The van der Waals surface area contributed by atoms with Gasteiger partial charge in [-0.1, -0.05) is 0 Å². The maximum atomic E-state index is 11.4. The van der Waals surface area contributed by atoms with Gasteiger partial charge < -0.3 is 11.1 Å². The molecule has 0 fully saturated rings. The van der Waals surface area contributed by atoms with Crippen molar-refractivity contribution in [2.24, 2.45) is 0 Å². The number of ketones is 1. The zero-order valence-corrected chi connectivity index (χ0v) is 11.1. The molecular formula is C14H18N4O. The fourth-order valence-corrected chi connectivity index (χ4v) is 1.97. The minimum absolute atomic E-state index is 0.0270. The summed E-state index contributed by atoms with van der Waals surface area (Å²) < 4.78 is 1.86. The molecule has 0 aliphatic heterocycles. The molecule has 0 spiro atoms. The molecule has 1 unspecified atom stereocenters. The number of anilines is 2. The smallest absolute Gasteiger partial charge is 0.161 e. The number of aromatic nitrogens is 2. The summed E-state index contributed by atoms with van der Waals surface area (Å²) in [4.78, 5) is 11.4. The molecule has 1 atom stereocenters. The van der Waals surface area contributed by atoms with Crippen LogP contribution in [0.4, 0.5) is 11.4 Å². The highest BCUT2D eigenvalue weighted by Gasteiger charge is 2.08. The molecule has 0 bridgehead atoms. The molecule has 0 aliphatic rings. The van der Waals surface area contributed by atoms with Gasteiger partial charge in [-0.15, -0.1) is 0 Å². The quantitative estimate of drug-likeness (QED) is 0.636. The van der Waals surface area contributed by atoms with Gasteiger partial charge >= 0.3 is 0 Å². The number of rotatable bonds is 5. The number of nitrogens with one attached hydrogen (secondary N) is 1. The van der Waals surface area contributed by atoms with Gasteiger partial charge in [0.1, 0.15) is 0 Å². The lowest BCUT2D eigenvalue weighted by Crippen LogP contribution is -2.22. The van der Waals surface area contributed by atoms with E-state index < -0.39 is 0 Å². The molecule has 5 heteroatoms. The second kappa shape index (κ2) is 5.56. The van der Waals surface area contributed by atoms with Crippen LogP contribution in [0.15, 0.2) is 36.7 Å². The van der Waals surface area contributed by atoms with E-state index in [0.717, 1.165) is 12.2 Å². The minimum atomic E-state index is -0.0270. The van der Waals surface area contributed by atoms with Crippen molar-refractivity contribution in [2.75, 3.05) is 11.1 Å². The van der Waals surface area contributed by atoms with E-state index in [0.29, 0.717) is 11.3 Å². The lowest BCUT2D eigenvalue weighted by Gasteiger charge is -2.16. The molecule has 0 saturated carbocycles. The standard InChI is InChI=1S/C14H18N4O/c1-10(9-18-7-3-6-16-18)17-12-4-5-14(15)13(8-12)11(2)19/h3-8,10,17H,9,15H2,1-2H3. The average Bonchev–Trinajstić information content (AvgIpc) is 2.84. The normalized spacial score (nSPS) is 12.1. The highest BCUT2D eigenvalue weighted by molar-refractivity contribution is 6.00. The molecule has 1 aromatic heterocycles. The third-order valence-electron chi connectivity index (χ3n) is 2.87. The van der Waals surface area contributed by atoms with E-state index in [1.165, 1.54) is 6.92 Å². The van der Waals surface area contributed by atoms with Crippen molar-refractivity contribution in [3.8, 4) is 0 Å². The number of carbonyl (C=O) groups excluding carboxylic acids is 1. The minimum Gasteiger partial charge on any atom is -0.398 e. The van der Waals surface area contributed by atoms with Crippen molar-refractivity contribution >= 4 is 17.2 Å². The number of nitrogens with zero attached hydrogens (tertiary/aromatic N) is 2. The van der Waals surface area contributed by atoms with Crippen LogP contribution < -0.4 is 11.1 Å². The second-order valence-electron chi connectivity index (χ2n) is 4.63. The van der Waals surface area contributed by atoms with E-state index in [-0.39, 0.29) is 11.8 Å². The summed E-state index contributed by atoms with van der Waals surface area (Å²) in [5.41, 5.74) is 7.72. The van der Waals surface area contributed by atoms with Crippen molar-refractivity contribution in [1.82, 2.24) is 9.78 Å². The molecular weight excluding hydrogens is 240 g/mol. The van der Waals surface area contributed by atoms with Crippen molar-refractivity contribution in [3.63, 3.8) is 0 Å². The summed E-state index contributed by atoms with van der Waals surface area (Å²) in [6.07, 6.45) is 3.67. The predicted octanol–water partition coefficient (Wildman–Crippen LogP) is 2.17. The summed E-state index contributed by atoms with van der Waals surface area (Å²) in [6, 6.07) is 7.51. The lowest BCUT2D eigenvalue weighted by atomic mass is 10.1. The molecule has 0 saturated heterocycles. The van der Waals surface area contributed by atoms with Gasteiger partial charge in [-0.3, -0.25) is 9.48 Å². The summed E-state index contributed by atoms with van der Waals surface area (Å²) in [6.45, 7) is 4.33. The molecule has 2 rings (SSSR count). The monoisotopic (exact) mass is 258 g/mol. The van der Waals surface area contributed by atoms with Crippen LogP contribution in [0.25, 0.3) is 0 Å². The molecule has 19 heavy (non-hydrogen) atoms. The summed E-state index contributed by atoms with van der Waals surface area (Å²) in [5, 5.41) is 7.49. The SMILES string of the molecule is CC(=O)c1cc(NC(C)Cn2cccn2)ccc1N. The van der Waals surface area contributed by atoms with Crippen LogP contribution >= 0.6 is 0 Å². The Morgan fingerprint density at radius 3 is 2.95 bits per heavy atom. The molecule has 0 aliphatic carbocycles. The fraction of sp³-hybridized carbons (Fsp3) is 0.286. The maximum absolute atomic E-state index is 11.4. The molecule has 3 N–H and O–H groups in total. The van der Waals surface area contributed by atoms with Crippen LogP contribution in [-0.4, -0.2) is 21.6 Å². The number of carbonyl (C=O) groups is 1. The number of hydrogen-bond donors (Lipinski definition) is 2. The molecule has 2 aromatic rings. The number of benzene rings is 1. The third-order valence-corrected chi connectivity index (χ3v) is 2.87. The van der Waals surface area contributed by atoms with Crippen LogP contribution in [0.2, 0.25) is 0 Å². The summed E-state index contributed by atoms with van der Waals surface area (Å²) in [7, 11) is 0. The average molecular weight is 258 g/mol. The molecule has 1 heterocycles. The summed E-state index contributed by atoms with van der Waals surface area (Å²) in [5.74, 6) is -0.0270. The highest BCUT2D eigenvalue weighted by atomic mass is 16.1. The first-order valence-corrected chi connectivity index (χ1v) is 6.20. The summed E-state index contributed by atoms with van der Waals surface area (Å²) >= 11 is 0. The van der Waals surface area contributed by atoms with Gasteiger partial charge in [0.25, 0.3) is 0 Å². The highest BCUT2D eigenvalue weighted by Crippen LogP contribution is 2.19. The number of Topliss-reactive ketones (excluding diaryl/α,β-unsaturated/α-hetero) is 1. The van der Waals surface area contributed by atoms with Gasteiger partial charge in [0, 0.05) is 35.4 Å². The largest absolute Gasteiger partial charge is 0.398 e. The molecule has 100 valence electrons. The topological polar surface area (TPSA) is 72.9 Å². The molecule has 0 radical (unpaired) electrons. The Bertz CT molecular complexity index is 563. The van der Waals surface area contributed by atoms with Gasteiger partial charge in [0.2, 0.25) is 0 Å². The fourth-order valence-electron chi connectivity index (χ4n) is 1.97. The van der Waals surface area contributed by atoms with Gasteiger partial charge in [-0.05, 0) is 38.1 Å². The predicted molar refractivity (Wildman–Crippen MR) is 76.2 cm³/mol. The van der Waals surface area contributed by atoms with Gasteiger partial charge in [0.05, 0.1) is 6.54 Å². The zero-order valence-electron chi connectivity index (χ0n) is 11.1. The maximum Gasteiger partial charge on any atom is 0.161 e. The van der Waals surface area contributed by atoms with E-state index in [1.807, 2.05) is 23.0 Å². The van der Waals surface area contributed by atoms with Crippen molar-refractivity contribution in [3.05, 3.63) is 42.2 Å². The first kappa shape index (κ1) is 13.1. The van der Waals surface area contributed by atoms with E-state index in [2.05, 4.69) is 17.3 Å². The van der Waals surface area contributed by atoms with Crippen molar-refractivity contribution in [1.29, 1.82) is 0 Å². The van der Waals surface area contributed by atoms with Crippen LogP contribution in [-0.2, 0) is 6.54 Å². The van der Waals surface area contributed by atoms with E-state index in [9.17, 15) is 4.79 Å². The van der Waals surface area contributed by atoms with Crippen LogP contribution in [0.1, 0.15) is 24.2 Å². The first-order valence-electron chi connectivity index (χ1n) is 6.20. The van der Waals surface area contributed by atoms with Crippen molar-refractivity contribution in [2.45, 2.75) is 26.4 Å². The third kappa shape index (κ3) is 3.34. The Kier molecular flexibility index (Phi) is 3.85. The van der Waals surface area contributed by atoms with E-state index in [4.69, 9.17) is 5.73 Å². The van der Waals surface area contributed by atoms with Crippen LogP contribution in [0.3, 0.4) is 0 Å². The van der Waals surface area contributed by atoms with Crippen LogP contribution in [0, 0.1) is 0 Å². The van der Waals surface area contributed by atoms with Gasteiger partial charge in [-0.25, -0.2) is 0 Å². The van der Waals surface area contributed by atoms with Gasteiger partial charge in [0.15, 0.2) is 5.78 Å². The lowest BCUT2D eigenvalue weighted by molar-refractivity contribution is 0.101. The van der Waals surface area contributed by atoms with E-state index >= 15 is 0 Å². The van der Waals surface area contributed by atoms with Crippen molar-refractivity contribution < 1.29 is 4.79 Å². The Morgan fingerprint density at radius 1 is 1.53 bits per heavy atom. The zero-order chi connectivity index (χ0) is 13.8. The second-order valence-corrected chi connectivity index (χ2v) is 4.63. The Morgan fingerprint density at radius 2 is 2.32 bits per heavy atom. The van der Waals surface area contributed by atoms with Crippen LogP contribution in [0.5, 0.6) is 0 Å². The first-order chi connectivity index (χ1) is 9.06. The molecule has 0 amide bonds. The molecule has 1 aromatic carbocycles. The Hall–Kier alpha value is -2.30. The Balaban J connectivity index is 2.06. The Labute approximate surface area is 112 Å². The van der Waals surface area contributed by atoms with E-state index in [1.54, 1.807) is 18.3 Å². The number of nitrogen functional groups attached to an aromatic ring is 1.